The van der Waals surface area contributed by atoms with E-state index in [1.165, 1.54) is 11.3 Å². The fraction of sp³-hybridized carbons (Fsp3) is 0.308. The Labute approximate surface area is 120 Å². The first-order valence-corrected chi connectivity index (χ1v) is 7.32. The van der Waals surface area contributed by atoms with Crippen LogP contribution >= 0.6 is 11.3 Å². The summed E-state index contributed by atoms with van der Waals surface area (Å²) in [5.41, 5.74) is 7.75. The average molecular weight is 289 g/mol. The summed E-state index contributed by atoms with van der Waals surface area (Å²) in [7, 11) is 0. The van der Waals surface area contributed by atoms with Crippen molar-refractivity contribution in [3.8, 4) is 10.6 Å². The average Bonchev–Trinajstić information content (AvgIpc) is 3.11. The fourth-order valence-electron chi connectivity index (χ4n) is 2.01. The number of hydrazine groups is 1. The van der Waals surface area contributed by atoms with E-state index in [9.17, 15) is 4.79 Å². The van der Waals surface area contributed by atoms with Gasteiger partial charge in [0.1, 0.15) is 5.01 Å². The van der Waals surface area contributed by atoms with Crippen molar-refractivity contribution >= 4 is 17.2 Å². The lowest BCUT2D eigenvalue weighted by molar-refractivity contribution is -0.121. The zero-order valence-corrected chi connectivity index (χ0v) is 11.6. The zero-order valence-electron chi connectivity index (χ0n) is 10.8. The third-order valence-corrected chi connectivity index (χ3v) is 3.91. The molecule has 0 saturated carbocycles. The van der Waals surface area contributed by atoms with Gasteiger partial charge in [0.2, 0.25) is 5.91 Å². The predicted molar refractivity (Wildman–Crippen MR) is 76.7 cm³/mol. The van der Waals surface area contributed by atoms with E-state index in [0.717, 1.165) is 29.2 Å². The van der Waals surface area contributed by atoms with Crippen molar-refractivity contribution in [1.29, 1.82) is 0 Å². The van der Waals surface area contributed by atoms with Crippen LogP contribution in [0.2, 0.25) is 0 Å². The highest BCUT2D eigenvalue weighted by Gasteiger charge is 2.17. The van der Waals surface area contributed by atoms with E-state index < -0.39 is 0 Å². The molecule has 0 radical (unpaired) electrons. The molecule has 0 spiro atoms. The molecule has 1 aliphatic heterocycles. The second-order valence-corrected chi connectivity index (χ2v) is 5.40. The number of nitrogens with zero attached hydrogens (tertiary/aromatic N) is 2. The van der Waals surface area contributed by atoms with E-state index in [2.05, 4.69) is 26.1 Å². The van der Waals surface area contributed by atoms with E-state index in [-0.39, 0.29) is 12.1 Å². The summed E-state index contributed by atoms with van der Waals surface area (Å²) >= 11 is 1.53. The molecule has 0 aromatic carbocycles. The van der Waals surface area contributed by atoms with Gasteiger partial charge in [-0.3, -0.25) is 15.2 Å². The first-order valence-electron chi connectivity index (χ1n) is 6.44. The van der Waals surface area contributed by atoms with E-state index in [1.807, 2.05) is 17.5 Å². The lowest BCUT2D eigenvalue weighted by Gasteiger charge is -2.10. The maximum atomic E-state index is 11.9. The SMILES string of the molecule is O=C(Cc1csc(-c2cccnc2)n1)NC1CCNN1. The van der Waals surface area contributed by atoms with Gasteiger partial charge in [-0.05, 0) is 18.6 Å². The molecule has 6 nitrogen and oxygen atoms in total. The lowest BCUT2D eigenvalue weighted by Crippen LogP contribution is -2.44. The highest BCUT2D eigenvalue weighted by atomic mass is 32.1. The maximum Gasteiger partial charge on any atom is 0.227 e. The van der Waals surface area contributed by atoms with Gasteiger partial charge in [0.15, 0.2) is 0 Å². The molecule has 1 fully saturated rings. The molecule has 1 amide bonds. The van der Waals surface area contributed by atoms with Crippen LogP contribution in [0.15, 0.2) is 29.9 Å². The van der Waals surface area contributed by atoms with Crippen LogP contribution in [0.4, 0.5) is 0 Å². The number of pyridine rings is 1. The van der Waals surface area contributed by atoms with Gasteiger partial charge in [0.05, 0.1) is 18.3 Å². The van der Waals surface area contributed by atoms with Gasteiger partial charge >= 0.3 is 0 Å². The molecule has 1 unspecified atom stereocenters. The molecule has 3 rings (SSSR count). The molecular weight excluding hydrogens is 274 g/mol. The summed E-state index contributed by atoms with van der Waals surface area (Å²) in [4.78, 5) is 20.4. The molecule has 104 valence electrons. The van der Waals surface area contributed by atoms with Gasteiger partial charge in [0.25, 0.3) is 0 Å². The van der Waals surface area contributed by atoms with Gasteiger partial charge < -0.3 is 5.32 Å². The third kappa shape index (κ3) is 3.19. The van der Waals surface area contributed by atoms with E-state index >= 15 is 0 Å². The van der Waals surface area contributed by atoms with Crippen LogP contribution in [0.3, 0.4) is 0 Å². The van der Waals surface area contributed by atoms with Crippen LogP contribution in [-0.4, -0.2) is 28.6 Å². The Hall–Kier alpha value is -1.83. The minimum absolute atomic E-state index is 0.0129. The van der Waals surface area contributed by atoms with E-state index in [1.54, 1.807) is 12.4 Å². The number of rotatable bonds is 4. The van der Waals surface area contributed by atoms with Crippen molar-refractivity contribution in [2.45, 2.75) is 19.0 Å². The Morgan fingerprint density at radius 2 is 2.50 bits per heavy atom. The van der Waals surface area contributed by atoms with Gasteiger partial charge in [-0.15, -0.1) is 11.3 Å². The molecule has 1 atom stereocenters. The fourth-order valence-corrected chi connectivity index (χ4v) is 2.82. The van der Waals surface area contributed by atoms with Gasteiger partial charge in [-0.1, -0.05) is 0 Å². The van der Waals surface area contributed by atoms with E-state index in [0.29, 0.717) is 6.42 Å². The Bertz CT molecular complexity index is 579. The number of hydrogen-bond acceptors (Lipinski definition) is 6. The Morgan fingerprint density at radius 3 is 3.25 bits per heavy atom. The summed E-state index contributed by atoms with van der Waals surface area (Å²) in [5.74, 6) is -0.0192. The van der Waals surface area contributed by atoms with Crippen LogP contribution < -0.4 is 16.2 Å². The first-order chi connectivity index (χ1) is 9.81. The standard InChI is InChI=1S/C13H15N5OS/c19-12(17-11-3-5-15-18-11)6-10-8-20-13(16-10)9-2-1-4-14-7-9/h1-2,4,7-8,11,15,18H,3,5-6H2,(H,17,19). The predicted octanol–water partition coefficient (Wildman–Crippen LogP) is 0.688. The van der Waals surface area contributed by atoms with E-state index in [4.69, 9.17) is 0 Å². The monoisotopic (exact) mass is 289 g/mol. The number of carbonyl (C=O) groups excluding carboxylic acids is 1. The molecule has 20 heavy (non-hydrogen) atoms. The van der Waals surface area contributed by atoms with Crippen LogP contribution in [0.25, 0.3) is 10.6 Å². The highest BCUT2D eigenvalue weighted by Crippen LogP contribution is 2.22. The minimum Gasteiger partial charge on any atom is -0.339 e. The zero-order chi connectivity index (χ0) is 13.8. The van der Waals surface area contributed by atoms with Crippen LogP contribution in [0.5, 0.6) is 0 Å². The molecule has 2 aromatic rings. The Morgan fingerprint density at radius 1 is 1.55 bits per heavy atom. The molecule has 7 heteroatoms. The number of thiazole rings is 1. The van der Waals surface area contributed by atoms with Gasteiger partial charge in [-0.25, -0.2) is 10.4 Å². The molecule has 0 aliphatic carbocycles. The molecule has 1 saturated heterocycles. The second kappa shape index (κ2) is 6.08. The van der Waals surface area contributed by atoms with Crippen LogP contribution in [-0.2, 0) is 11.2 Å². The van der Waals surface area contributed by atoms with Crippen molar-refractivity contribution in [1.82, 2.24) is 26.1 Å². The summed E-state index contributed by atoms with van der Waals surface area (Å²) in [6, 6.07) is 3.84. The van der Waals surface area contributed by atoms with Crippen molar-refractivity contribution in [3.63, 3.8) is 0 Å². The molecule has 1 aliphatic rings. The lowest BCUT2D eigenvalue weighted by atomic mass is 10.3. The van der Waals surface area contributed by atoms with Crippen LogP contribution in [0, 0.1) is 0 Å². The van der Waals surface area contributed by atoms with Gasteiger partial charge in [0, 0.05) is 29.9 Å². The normalized spacial score (nSPS) is 18.1. The van der Waals surface area contributed by atoms with Crippen molar-refractivity contribution in [2.24, 2.45) is 0 Å². The maximum absolute atomic E-state index is 11.9. The highest BCUT2D eigenvalue weighted by molar-refractivity contribution is 7.13. The molecule has 2 aromatic heterocycles. The van der Waals surface area contributed by atoms with Crippen molar-refractivity contribution in [2.75, 3.05) is 6.54 Å². The summed E-state index contributed by atoms with van der Waals surface area (Å²) in [6.07, 6.45) is 4.71. The summed E-state index contributed by atoms with van der Waals surface area (Å²) in [6.45, 7) is 0.868. The number of nitrogens with one attached hydrogen (secondary N) is 3. The molecule has 3 heterocycles. The quantitative estimate of drug-likeness (QED) is 0.772. The first kappa shape index (κ1) is 13.2. The summed E-state index contributed by atoms with van der Waals surface area (Å²) in [5, 5.41) is 5.73. The summed E-state index contributed by atoms with van der Waals surface area (Å²) < 4.78 is 0. The van der Waals surface area contributed by atoms with Crippen molar-refractivity contribution in [3.05, 3.63) is 35.6 Å². The third-order valence-electron chi connectivity index (χ3n) is 2.97. The number of amides is 1. The Kier molecular flexibility index (Phi) is 4.00. The molecule has 0 bridgehead atoms. The topological polar surface area (TPSA) is 78.9 Å². The number of carbonyl (C=O) groups is 1. The molecule has 3 N–H and O–H groups in total. The smallest absolute Gasteiger partial charge is 0.227 e. The van der Waals surface area contributed by atoms with Crippen LogP contribution in [0.1, 0.15) is 12.1 Å². The number of aromatic nitrogens is 2. The number of hydrogen-bond donors (Lipinski definition) is 3. The largest absolute Gasteiger partial charge is 0.339 e. The minimum atomic E-state index is -0.0192. The van der Waals surface area contributed by atoms with Gasteiger partial charge in [-0.2, -0.15) is 0 Å². The molecular formula is C13H15N5OS. The second-order valence-electron chi connectivity index (χ2n) is 4.54. The Balaban J connectivity index is 1.61. The van der Waals surface area contributed by atoms with Crippen molar-refractivity contribution < 1.29 is 4.79 Å².